The van der Waals surface area contributed by atoms with Crippen LogP contribution in [-0.2, 0) is 5.75 Å². The van der Waals surface area contributed by atoms with Crippen LogP contribution in [-0.4, -0.2) is 28.2 Å². The molecule has 0 aliphatic carbocycles. The van der Waals surface area contributed by atoms with Crippen LogP contribution in [0.15, 0.2) is 28.2 Å². The van der Waals surface area contributed by atoms with Gasteiger partial charge in [-0.3, -0.25) is 4.79 Å². The highest BCUT2D eigenvalue weighted by Crippen LogP contribution is 2.24. The minimum absolute atomic E-state index is 0.0909. The van der Waals surface area contributed by atoms with Crippen molar-refractivity contribution in [2.24, 2.45) is 0 Å². The zero-order chi connectivity index (χ0) is 16.1. The average Bonchev–Trinajstić information content (AvgIpc) is 2.50. The largest absolute Gasteiger partial charge is 0.395 e. The first-order chi connectivity index (χ1) is 10.5. The molecule has 0 radical (unpaired) electrons. The maximum atomic E-state index is 13.6. The lowest BCUT2D eigenvalue weighted by atomic mass is 10.2. The summed E-state index contributed by atoms with van der Waals surface area (Å²) in [6.07, 6.45) is 0. The van der Waals surface area contributed by atoms with Crippen molar-refractivity contribution in [3.8, 4) is 0 Å². The quantitative estimate of drug-likeness (QED) is 0.552. The Bertz CT molecular complexity index is 727. The molecule has 0 fully saturated rings. The number of aliphatic hydroxyl groups is 1. The van der Waals surface area contributed by atoms with E-state index >= 15 is 0 Å². The van der Waals surface area contributed by atoms with Gasteiger partial charge in [-0.25, -0.2) is 13.8 Å². The number of aromatic nitrogens is 2. The van der Waals surface area contributed by atoms with Gasteiger partial charge in [0, 0.05) is 17.9 Å². The standard InChI is InChI=1S/C13H12ClF2N3O2S/c14-9-11(17-4-5-20)18-13(19-12(9)21)22-6-7-2-1-3-8(15)10(7)16/h1-3,20H,4-6H2,(H2,17,18,19,21). The average molecular weight is 348 g/mol. The Labute approximate surface area is 133 Å². The fourth-order valence-corrected chi connectivity index (χ4v) is 2.60. The number of hydrogen-bond acceptors (Lipinski definition) is 5. The topological polar surface area (TPSA) is 78.0 Å². The molecule has 0 saturated heterocycles. The lowest BCUT2D eigenvalue weighted by molar-refractivity contribution is 0.311. The highest BCUT2D eigenvalue weighted by molar-refractivity contribution is 7.98. The molecule has 0 atom stereocenters. The van der Waals surface area contributed by atoms with Crippen LogP contribution in [0.4, 0.5) is 14.6 Å². The van der Waals surface area contributed by atoms with Gasteiger partial charge in [0.25, 0.3) is 5.56 Å². The highest BCUT2D eigenvalue weighted by atomic mass is 35.5. The molecule has 0 spiro atoms. The molecule has 118 valence electrons. The predicted molar refractivity (Wildman–Crippen MR) is 81.4 cm³/mol. The van der Waals surface area contributed by atoms with Crippen LogP contribution in [0.3, 0.4) is 0 Å². The maximum Gasteiger partial charge on any atom is 0.272 e. The van der Waals surface area contributed by atoms with Gasteiger partial charge in [0.1, 0.15) is 5.02 Å². The Balaban J connectivity index is 2.17. The number of aromatic amines is 1. The third kappa shape index (κ3) is 3.96. The van der Waals surface area contributed by atoms with E-state index in [2.05, 4.69) is 15.3 Å². The number of anilines is 1. The van der Waals surface area contributed by atoms with Crippen LogP contribution in [0.25, 0.3) is 0 Å². The summed E-state index contributed by atoms with van der Waals surface area (Å²) in [5, 5.41) is 11.5. The van der Waals surface area contributed by atoms with Gasteiger partial charge in [-0.2, -0.15) is 0 Å². The summed E-state index contributed by atoms with van der Waals surface area (Å²) in [6.45, 7) is 0.0284. The zero-order valence-corrected chi connectivity index (χ0v) is 12.8. The van der Waals surface area contributed by atoms with E-state index in [4.69, 9.17) is 16.7 Å². The number of aliphatic hydroxyl groups excluding tert-OH is 1. The van der Waals surface area contributed by atoms with Crippen LogP contribution < -0.4 is 10.9 Å². The van der Waals surface area contributed by atoms with Crippen molar-refractivity contribution in [2.75, 3.05) is 18.5 Å². The molecule has 0 bridgehead atoms. The molecule has 0 aliphatic rings. The number of H-pyrrole nitrogens is 1. The second kappa shape index (κ2) is 7.57. The Hall–Kier alpha value is -1.64. The van der Waals surface area contributed by atoms with Gasteiger partial charge in [0.2, 0.25) is 0 Å². The van der Waals surface area contributed by atoms with E-state index in [0.717, 1.165) is 17.8 Å². The van der Waals surface area contributed by atoms with E-state index in [1.165, 1.54) is 12.1 Å². The van der Waals surface area contributed by atoms with Crippen LogP contribution in [0, 0.1) is 11.6 Å². The molecule has 1 aromatic carbocycles. The van der Waals surface area contributed by atoms with Gasteiger partial charge < -0.3 is 15.4 Å². The van der Waals surface area contributed by atoms with Crippen LogP contribution in [0.2, 0.25) is 5.02 Å². The number of hydrogen-bond donors (Lipinski definition) is 3. The van der Waals surface area contributed by atoms with E-state index in [0.29, 0.717) is 0 Å². The molecular weight excluding hydrogens is 336 g/mol. The third-order valence-electron chi connectivity index (χ3n) is 2.64. The Morgan fingerprint density at radius 1 is 1.41 bits per heavy atom. The first-order valence-corrected chi connectivity index (χ1v) is 7.59. The first kappa shape index (κ1) is 16.7. The van der Waals surface area contributed by atoms with Gasteiger partial charge in [-0.15, -0.1) is 0 Å². The molecule has 3 N–H and O–H groups in total. The number of thioether (sulfide) groups is 1. The van der Waals surface area contributed by atoms with Crippen molar-refractivity contribution in [1.82, 2.24) is 9.97 Å². The molecule has 0 unspecified atom stereocenters. The lowest BCUT2D eigenvalue weighted by Gasteiger charge is -2.08. The van der Waals surface area contributed by atoms with E-state index in [1.807, 2.05) is 0 Å². The second-order valence-electron chi connectivity index (χ2n) is 4.19. The summed E-state index contributed by atoms with van der Waals surface area (Å²) in [5.74, 6) is -1.64. The fourth-order valence-electron chi connectivity index (χ4n) is 1.60. The molecule has 0 saturated carbocycles. The fraction of sp³-hybridized carbons (Fsp3) is 0.231. The monoisotopic (exact) mass is 347 g/mol. The van der Waals surface area contributed by atoms with E-state index in [1.54, 1.807) is 0 Å². The van der Waals surface area contributed by atoms with Crippen molar-refractivity contribution >= 4 is 29.2 Å². The lowest BCUT2D eigenvalue weighted by Crippen LogP contribution is -2.15. The normalized spacial score (nSPS) is 10.7. The summed E-state index contributed by atoms with van der Waals surface area (Å²) in [5.41, 5.74) is -0.396. The Morgan fingerprint density at radius 2 is 2.18 bits per heavy atom. The smallest absolute Gasteiger partial charge is 0.272 e. The zero-order valence-electron chi connectivity index (χ0n) is 11.2. The second-order valence-corrected chi connectivity index (χ2v) is 5.53. The van der Waals surface area contributed by atoms with E-state index in [-0.39, 0.29) is 40.5 Å². The summed E-state index contributed by atoms with van der Waals surface area (Å²) >= 11 is 6.83. The molecule has 22 heavy (non-hydrogen) atoms. The van der Waals surface area contributed by atoms with Crippen LogP contribution in [0.1, 0.15) is 5.56 Å². The van der Waals surface area contributed by atoms with Gasteiger partial charge >= 0.3 is 0 Å². The van der Waals surface area contributed by atoms with Gasteiger partial charge in [-0.1, -0.05) is 35.5 Å². The number of halogens is 3. The summed E-state index contributed by atoms with van der Waals surface area (Å²) in [4.78, 5) is 18.2. The van der Waals surface area contributed by atoms with Gasteiger partial charge in [0.05, 0.1) is 6.61 Å². The molecule has 2 aromatic rings. The predicted octanol–water partition coefficient (Wildman–Crippen LogP) is 2.40. The van der Waals surface area contributed by atoms with Crippen LogP contribution in [0.5, 0.6) is 0 Å². The van der Waals surface area contributed by atoms with E-state index in [9.17, 15) is 13.6 Å². The van der Waals surface area contributed by atoms with Crippen molar-refractivity contribution in [3.63, 3.8) is 0 Å². The van der Waals surface area contributed by atoms with E-state index < -0.39 is 17.2 Å². The first-order valence-electron chi connectivity index (χ1n) is 6.23. The third-order valence-corrected chi connectivity index (χ3v) is 3.91. The molecule has 5 nitrogen and oxygen atoms in total. The Morgan fingerprint density at radius 3 is 2.91 bits per heavy atom. The maximum absolute atomic E-state index is 13.6. The summed E-state index contributed by atoms with van der Waals surface area (Å²) in [7, 11) is 0. The number of nitrogens with zero attached hydrogens (tertiary/aromatic N) is 1. The number of rotatable bonds is 6. The van der Waals surface area contributed by atoms with Crippen molar-refractivity contribution in [2.45, 2.75) is 10.9 Å². The number of benzene rings is 1. The molecule has 2 rings (SSSR count). The van der Waals surface area contributed by atoms with Crippen LogP contribution >= 0.6 is 23.4 Å². The van der Waals surface area contributed by atoms with Gasteiger partial charge in [0.15, 0.2) is 22.6 Å². The summed E-state index contributed by atoms with van der Waals surface area (Å²) < 4.78 is 26.7. The summed E-state index contributed by atoms with van der Waals surface area (Å²) in [6, 6.07) is 3.88. The SMILES string of the molecule is O=c1[nH]c(SCc2cccc(F)c2F)nc(NCCO)c1Cl. The molecule has 0 amide bonds. The minimum Gasteiger partial charge on any atom is -0.395 e. The molecule has 9 heteroatoms. The molecule has 0 aliphatic heterocycles. The van der Waals surface area contributed by atoms with Crippen molar-refractivity contribution in [3.05, 3.63) is 50.8 Å². The minimum atomic E-state index is -0.930. The van der Waals surface area contributed by atoms with Gasteiger partial charge in [-0.05, 0) is 6.07 Å². The highest BCUT2D eigenvalue weighted by Gasteiger charge is 2.12. The van der Waals surface area contributed by atoms with Crippen molar-refractivity contribution < 1.29 is 13.9 Å². The van der Waals surface area contributed by atoms with Crippen molar-refractivity contribution in [1.29, 1.82) is 0 Å². The molecule has 1 heterocycles. The molecule has 1 aromatic heterocycles. The Kier molecular flexibility index (Phi) is 5.76. The number of nitrogens with one attached hydrogen (secondary N) is 2. The molecular formula is C13H12ClF2N3O2S.